The third-order valence-corrected chi connectivity index (χ3v) is 5.16. The number of benzene rings is 1. The van der Waals surface area contributed by atoms with E-state index in [4.69, 9.17) is 5.11 Å². The molecule has 0 saturated carbocycles. The lowest BCUT2D eigenvalue weighted by molar-refractivity contribution is -0.137. The molecule has 0 bridgehead atoms. The van der Waals surface area contributed by atoms with Crippen molar-refractivity contribution in [3.05, 3.63) is 35.9 Å². The summed E-state index contributed by atoms with van der Waals surface area (Å²) in [6, 6.07) is 10.8. The monoisotopic (exact) mass is 346 g/mol. The molecule has 1 aromatic carbocycles. The number of unbranched alkanes of at least 4 members (excludes halogenated alkanes) is 7. The minimum atomic E-state index is -0.662. The number of aliphatic carboxylic acids is 1. The largest absolute Gasteiger partial charge is 0.481 e. The number of carboxylic acid groups (broad SMARTS) is 1. The van der Waals surface area contributed by atoms with Gasteiger partial charge < -0.3 is 5.11 Å². The Morgan fingerprint density at radius 1 is 0.800 bits per heavy atom. The summed E-state index contributed by atoms with van der Waals surface area (Å²) >= 11 is 0. The number of rotatable bonds is 15. The molecule has 0 atom stereocenters. The van der Waals surface area contributed by atoms with E-state index >= 15 is 0 Å². The van der Waals surface area contributed by atoms with E-state index in [1.54, 1.807) is 0 Å². The van der Waals surface area contributed by atoms with Gasteiger partial charge in [0.15, 0.2) is 0 Å². The molecule has 0 heterocycles. The van der Waals surface area contributed by atoms with Crippen LogP contribution in [-0.4, -0.2) is 11.1 Å². The molecule has 0 aliphatic heterocycles. The average Bonchev–Trinajstić information content (AvgIpc) is 2.57. The topological polar surface area (TPSA) is 37.3 Å². The smallest absolute Gasteiger partial charge is 0.303 e. The van der Waals surface area contributed by atoms with Crippen LogP contribution in [0, 0.1) is 5.41 Å². The normalized spacial score (nSPS) is 11.6. The molecule has 0 amide bonds. The summed E-state index contributed by atoms with van der Waals surface area (Å²) in [5.41, 5.74) is 1.92. The van der Waals surface area contributed by atoms with Crippen LogP contribution < -0.4 is 0 Å². The highest BCUT2D eigenvalue weighted by atomic mass is 16.4. The quantitative estimate of drug-likeness (QED) is 0.346. The molecule has 1 aromatic rings. The van der Waals surface area contributed by atoms with Gasteiger partial charge in [-0.15, -0.1) is 0 Å². The zero-order valence-electron chi connectivity index (χ0n) is 16.4. The zero-order valence-corrected chi connectivity index (χ0v) is 16.4. The van der Waals surface area contributed by atoms with Gasteiger partial charge in [0.1, 0.15) is 0 Å². The molecule has 0 spiro atoms. The van der Waals surface area contributed by atoms with E-state index in [2.05, 4.69) is 44.2 Å². The Kier molecular flexibility index (Phi) is 11.3. The van der Waals surface area contributed by atoms with Crippen molar-refractivity contribution in [1.29, 1.82) is 0 Å². The molecule has 2 heteroatoms. The van der Waals surface area contributed by atoms with Crippen LogP contribution in [0.2, 0.25) is 0 Å². The van der Waals surface area contributed by atoms with E-state index in [-0.39, 0.29) is 0 Å². The van der Waals surface area contributed by atoms with Crippen LogP contribution in [0.4, 0.5) is 0 Å². The van der Waals surface area contributed by atoms with Crippen molar-refractivity contribution in [3.63, 3.8) is 0 Å². The second-order valence-electron chi connectivity index (χ2n) is 8.23. The standard InChI is InChI=1S/C23H38O2/c1-23(2,19-13-6-3-4-12-18-22(24)25)20-14-7-5-9-15-21-16-10-8-11-17-21/h8,10-11,16-17H,3-7,9,12-15,18-20H2,1-2H3,(H,24,25). The van der Waals surface area contributed by atoms with Gasteiger partial charge in [0.2, 0.25) is 0 Å². The number of hydrogen-bond acceptors (Lipinski definition) is 1. The molecule has 0 radical (unpaired) electrons. The second-order valence-corrected chi connectivity index (χ2v) is 8.23. The molecule has 1 N–H and O–H groups in total. The maximum atomic E-state index is 10.5. The van der Waals surface area contributed by atoms with E-state index < -0.39 is 5.97 Å². The molecule has 0 fully saturated rings. The highest BCUT2D eigenvalue weighted by Crippen LogP contribution is 2.30. The molecule has 0 unspecified atom stereocenters. The van der Waals surface area contributed by atoms with Crippen molar-refractivity contribution < 1.29 is 9.90 Å². The first-order chi connectivity index (χ1) is 12.0. The maximum absolute atomic E-state index is 10.5. The fourth-order valence-corrected chi connectivity index (χ4v) is 3.47. The third kappa shape index (κ3) is 12.7. The van der Waals surface area contributed by atoms with Gasteiger partial charge in [-0.05, 0) is 43.1 Å². The van der Waals surface area contributed by atoms with Crippen LogP contribution in [0.15, 0.2) is 30.3 Å². The Labute approximate surface area is 155 Å². The van der Waals surface area contributed by atoms with Crippen LogP contribution in [0.1, 0.15) is 96.5 Å². The van der Waals surface area contributed by atoms with Gasteiger partial charge in [0.25, 0.3) is 0 Å². The fraction of sp³-hybridized carbons (Fsp3) is 0.696. The van der Waals surface area contributed by atoms with Crippen LogP contribution in [0.3, 0.4) is 0 Å². The minimum absolute atomic E-state index is 0.329. The van der Waals surface area contributed by atoms with Crippen LogP contribution in [0.5, 0.6) is 0 Å². The van der Waals surface area contributed by atoms with Crippen LogP contribution >= 0.6 is 0 Å². The van der Waals surface area contributed by atoms with Crippen molar-refractivity contribution in [2.45, 2.75) is 97.3 Å². The van der Waals surface area contributed by atoms with Crippen LogP contribution in [-0.2, 0) is 11.2 Å². The molecule has 0 aromatic heterocycles. The number of hydrogen-bond donors (Lipinski definition) is 1. The molecule has 1 rings (SSSR count). The number of carboxylic acids is 1. The summed E-state index contributed by atoms with van der Waals surface area (Å²) in [6.45, 7) is 4.81. The van der Waals surface area contributed by atoms with Crippen molar-refractivity contribution in [2.24, 2.45) is 5.41 Å². The van der Waals surface area contributed by atoms with Gasteiger partial charge in [-0.2, -0.15) is 0 Å². The molecular formula is C23H38O2. The molecule has 0 aliphatic carbocycles. The first-order valence-corrected chi connectivity index (χ1v) is 10.3. The molecule has 0 aliphatic rings. The molecule has 142 valence electrons. The lowest BCUT2D eigenvalue weighted by Crippen LogP contribution is -2.11. The predicted octanol–water partition coefficient (Wildman–Crippen LogP) is 7.02. The van der Waals surface area contributed by atoms with E-state index in [1.807, 2.05) is 0 Å². The highest BCUT2D eigenvalue weighted by molar-refractivity contribution is 5.66. The average molecular weight is 347 g/mol. The van der Waals surface area contributed by atoms with E-state index in [0.29, 0.717) is 11.8 Å². The molecular weight excluding hydrogens is 308 g/mol. The van der Waals surface area contributed by atoms with E-state index in [0.717, 1.165) is 12.8 Å². The Hall–Kier alpha value is -1.31. The first kappa shape index (κ1) is 21.7. The summed E-state index contributed by atoms with van der Waals surface area (Å²) in [5.74, 6) is -0.662. The zero-order chi connectivity index (χ0) is 18.4. The van der Waals surface area contributed by atoms with Crippen molar-refractivity contribution in [2.75, 3.05) is 0 Å². The van der Waals surface area contributed by atoms with Crippen LogP contribution in [0.25, 0.3) is 0 Å². The summed E-state index contributed by atoms with van der Waals surface area (Å²) in [5, 5.41) is 8.62. The summed E-state index contributed by atoms with van der Waals surface area (Å²) < 4.78 is 0. The SMILES string of the molecule is CC(C)(CCCCCCCC(=O)O)CCCCCCc1ccccc1. The Balaban J connectivity index is 1.95. The maximum Gasteiger partial charge on any atom is 0.303 e. The molecule has 25 heavy (non-hydrogen) atoms. The summed E-state index contributed by atoms with van der Waals surface area (Å²) in [6.07, 6.45) is 15.1. The van der Waals surface area contributed by atoms with Crippen molar-refractivity contribution >= 4 is 5.97 Å². The second kappa shape index (κ2) is 13.0. The first-order valence-electron chi connectivity index (χ1n) is 10.3. The van der Waals surface area contributed by atoms with Crippen molar-refractivity contribution in [1.82, 2.24) is 0 Å². The Morgan fingerprint density at radius 3 is 1.92 bits per heavy atom. The van der Waals surface area contributed by atoms with Gasteiger partial charge in [0.05, 0.1) is 0 Å². The lowest BCUT2D eigenvalue weighted by atomic mass is 9.81. The van der Waals surface area contributed by atoms with E-state index in [9.17, 15) is 4.79 Å². The van der Waals surface area contributed by atoms with Gasteiger partial charge in [0, 0.05) is 6.42 Å². The Bertz CT molecular complexity index is 450. The number of carbonyl (C=O) groups is 1. The van der Waals surface area contributed by atoms with Crippen molar-refractivity contribution in [3.8, 4) is 0 Å². The molecule has 2 nitrogen and oxygen atoms in total. The Morgan fingerprint density at radius 2 is 1.32 bits per heavy atom. The van der Waals surface area contributed by atoms with Gasteiger partial charge in [-0.3, -0.25) is 4.79 Å². The molecule has 0 saturated heterocycles. The van der Waals surface area contributed by atoms with E-state index in [1.165, 1.54) is 69.8 Å². The summed E-state index contributed by atoms with van der Waals surface area (Å²) in [4.78, 5) is 10.5. The van der Waals surface area contributed by atoms with Gasteiger partial charge in [-0.1, -0.05) is 89.1 Å². The third-order valence-electron chi connectivity index (χ3n) is 5.16. The predicted molar refractivity (Wildman–Crippen MR) is 107 cm³/mol. The van der Waals surface area contributed by atoms with Gasteiger partial charge in [-0.25, -0.2) is 0 Å². The lowest BCUT2D eigenvalue weighted by Gasteiger charge is -2.24. The van der Waals surface area contributed by atoms with Gasteiger partial charge >= 0.3 is 5.97 Å². The summed E-state index contributed by atoms with van der Waals surface area (Å²) in [7, 11) is 0. The number of aryl methyl sites for hydroxylation is 1. The fourth-order valence-electron chi connectivity index (χ4n) is 3.47. The minimum Gasteiger partial charge on any atom is -0.481 e. The highest BCUT2D eigenvalue weighted by Gasteiger charge is 2.16.